The highest BCUT2D eigenvalue weighted by molar-refractivity contribution is 5.87. The first-order chi connectivity index (χ1) is 8.25. The predicted molar refractivity (Wildman–Crippen MR) is 61.9 cm³/mol. The van der Waals surface area contributed by atoms with E-state index < -0.39 is 5.97 Å². The van der Waals surface area contributed by atoms with Gasteiger partial charge >= 0.3 is 5.97 Å². The van der Waals surface area contributed by atoms with Gasteiger partial charge in [0, 0.05) is 31.7 Å². The second-order valence-corrected chi connectivity index (χ2v) is 3.46. The molecule has 88 valence electrons. The van der Waals surface area contributed by atoms with E-state index in [1.165, 1.54) is 12.3 Å². The minimum Gasteiger partial charge on any atom is -0.478 e. The van der Waals surface area contributed by atoms with Crippen LogP contribution in [-0.2, 0) is 6.54 Å². The van der Waals surface area contributed by atoms with Crippen molar-refractivity contribution in [2.45, 2.75) is 6.54 Å². The van der Waals surface area contributed by atoms with Gasteiger partial charge in [-0.3, -0.25) is 0 Å². The summed E-state index contributed by atoms with van der Waals surface area (Å²) >= 11 is 0. The van der Waals surface area contributed by atoms with Crippen LogP contribution >= 0.6 is 0 Å². The molecule has 2 aromatic heterocycles. The number of carboxylic acid groups (broad SMARTS) is 1. The third kappa shape index (κ3) is 3.04. The lowest BCUT2D eigenvalue weighted by atomic mass is 10.3. The van der Waals surface area contributed by atoms with Gasteiger partial charge < -0.3 is 15.0 Å². The summed E-state index contributed by atoms with van der Waals surface area (Å²) in [5.41, 5.74) is 0.185. The van der Waals surface area contributed by atoms with Gasteiger partial charge in [0.2, 0.25) is 0 Å². The highest BCUT2D eigenvalue weighted by atomic mass is 16.4. The van der Waals surface area contributed by atoms with Crippen molar-refractivity contribution < 1.29 is 9.90 Å². The Bertz CT molecular complexity index is 479. The fraction of sp³-hybridized carbons (Fsp3) is 0.182. The Hall–Kier alpha value is -2.37. The van der Waals surface area contributed by atoms with Gasteiger partial charge in [-0.1, -0.05) is 0 Å². The Kier molecular flexibility index (Phi) is 3.34. The SMILES string of the molecule is O=C(O)c1ccc(NCCn2ccnc2)nc1. The number of hydrogen-bond acceptors (Lipinski definition) is 4. The Balaban J connectivity index is 1.85. The maximum Gasteiger partial charge on any atom is 0.337 e. The van der Waals surface area contributed by atoms with E-state index in [1.54, 1.807) is 18.6 Å². The van der Waals surface area contributed by atoms with Crippen LogP contribution in [0.25, 0.3) is 0 Å². The van der Waals surface area contributed by atoms with Crippen LogP contribution in [0, 0.1) is 0 Å². The van der Waals surface area contributed by atoms with Crippen LogP contribution in [-0.4, -0.2) is 32.2 Å². The van der Waals surface area contributed by atoms with Crippen LogP contribution in [0.2, 0.25) is 0 Å². The number of nitrogens with one attached hydrogen (secondary N) is 1. The number of aromatic nitrogens is 3. The predicted octanol–water partition coefficient (Wildman–Crippen LogP) is 1.09. The summed E-state index contributed by atoms with van der Waals surface area (Å²) < 4.78 is 1.94. The molecule has 2 N–H and O–H groups in total. The van der Waals surface area contributed by atoms with E-state index in [0.29, 0.717) is 12.4 Å². The first-order valence-electron chi connectivity index (χ1n) is 5.14. The van der Waals surface area contributed by atoms with Crippen molar-refractivity contribution >= 4 is 11.8 Å². The van der Waals surface area contributed by atoms with Gasteiger partial charge in [-0.2, -0.15) is 0 Å². The van der Waals surface area contributed by atoms with Gasteiger partial charge in [-0.05, 0) is 12.1 Å². The molecule has 0 aromatic carbocycles. The van der Waals surface area contributed by atoms with Crippen LogP contribution in [0.5, 0.6) is 0 Å². The summed E-state index contributed by atoms with van der Waals surface area (Å²) in [4.78, 5) is 18.5. The number of imidazole rings is 1. The van der Waals surface area contributed by atoms with Crippen molar-refractivity contribution in [2.24, 2.45) is 0 Å². The number of pyridine rings is 1. The highest BCUT2D eigenvalue weighted by Crippen LogP contribution is 2.04. The van der Waals surface area contributed by atoms with E-state index >= 15 is 0 Å². The topological polar surface area (TPSA) is 80.0 Å². The molecule has 0 aliphatic rings. The summed E-state index contributed by atoms with van der Waals surface area (Å²) in [7, 11) is 0. The lowest BCUT2D eigenvalue weighted by Crippen LogP contribution is -2.10. The summed E-state index contributed by atoms with van der Waals surface area (Å²) in [5, 5.41) is 11.8. The lowest BCUT2D eigenvalue weighted by molar-refractivity contribution is 0.0696. The molecule has 2 rings (SSSR count). The minimum absolute atomic E-state index is 0.185. The summed E-state index contributed by atoms with van der Waals surface area (Å²) in [5.74, 6) is -0.308. The maximum absolute atomic E-state index is 10.6. The van der Waals surface area contributed by atoms with Gasteiger partial charge in [0.1, 0.15) is 5.82 Å². The van der Waals surface area contributed by atoms with Gasteiger partial charge in [0.25, 0.3) is 0 Å². The van der Waals surface area contributed by atoms with Crippen LogP contribution in [0.4, 0.5) is 5.82 Å². The van der Waals surface area contributed by atoms with Crippen LogP contribution in [0.3, 0.4) is 0 Å². The van der Waals surface area contributed by atoms with E-state index in [9.17, 15) is 4.79 Å². The number of aromatic carboxylic acids is 1. The maximum atomic E-state index is 10.6. The molecule has 0 bridgehead atoms. The molecule has 0 atom stereocenters. The Morgan fingerprint density at radius 3 is 2.94 bits per heavy atom. The number of anilines is 1. The number of nitrogens with zero attached hydrogens (tertiary/aromatic N) is 3. The third-order valence-electron chi connectivity index (χ3n) is 2.25. The molecule has 0 aliphatic carbocycles. The number of hydrogen-bond donors (Lipinski definition) is 2. The van der Waals surface area contributed by atoms with E-state index in [1.807, 2.05) is 10.8 Å². The van der Waals surface area contributed by atoms with Crippen molar-refractivity contribution in [3.05, 3.63) is 42.6 Å². The fourth-order valence-corrected chi connectivity index (χ4v) is 1.36. The van der Waals surface area contributed by atoms with Crippen molar-refractivity contribution in [2.75, 3.05) is 11.9 Å². The molecule has 0 aliphatic heterocycles. The van der Waals surface area contributed by atoms with Crippen LogP contribution < -0.4 is 5.32 Å². The Labute approximate surface area is 97.9 Å². The monoisotopic (exact) mass is 232 g/mol. The molecular weight excluding hydrogens is 220 g/mol. The minimum atomic E-state index is -0.970. The lowest BCUT2D eigenvalue weighted by Gasteiger charge is -2.05. The summed E-state index contributed by atoms with van der Waals surface area (Å²) in [6.07, 6.45) is 6.67. The molecule has 2 heterocycles. The molecule has 17 heavy (non-hydrogen) atoms. The average molecular weight is 232 g/mol. The molecule has 0 saturated heterocycles. The largest absolute Gasteiger partial charge is 0.478 e. The average Bonchev–Trinajstić information content (AvgIpc) is 2.83. The van der Waals surface area contributed by atoms with Crippen molar-refractivity contribution in [3.8, 4) is 0 Å². The van der Waals surface area contributed by atoms with Crippen molar-refractivity contribution in [1.82, 2.24) is 14.5 Å². The zero-order chi connectivity index (χ0) is 12.1. The normalized spacial score (nSPS) is 10.1. The van der Waals surface area contributed by atoms with E-state index in [0.717, 1.165) is 6.54 Å². The molecule has 0 spiro atoms. The first-order valence-corrected chi connectivity index (χ1v) is 5.14. The smallest absolute Gasteiger partial charge is 0.337 e. The number of rotatable bonds is 5. The number of carbonyl (C=O) groups is 1. The molecule has 0 unspecified atom stereocenters. The number of carboxylic acids is 1. The third-order valence-corrected chi connectivity index (χ3v) is 2.25. The zero-order valence-corrected chi connectivity index (χ0v) is 9.08. The highest BCUT2D eigenvalue weighted by Gasteiger charge is 2.02. The van der Waals surface area contributed by atoms with Gasteiger partial charge in [-0.15, -0.1) is 0 Å². The second-order valence-electron chi connectivity index (χ2n) is 3.46. The van der Waals surface area contributed by atoms with Crippen LogP contribution in [0.15, 0.2) is 37.1 Å². The molecule has 0 fully saturated rings. The summed E-state index contributed by atoms with van der Waals surface area (Å²) in [6, 6.07) is 3.17. The second kappa shape index (κ2) is 5.11. The molecular formula is C11H12N4O2. The molecule has 0 saturated carbocycles. The molecule has 2 aromatic rings. The van der Waals surface area contributed by atoms with Gasteiger partial charge in [0.05, 0.1) is 11.9 Å². The molecule has 6 nitrogen and oxygen atoms in total. The molecule has 0 radical (unpaired) electrons. The first kappa shape index (κ1) is 11.1. The van der Waals surface area contributed by atoms with Gasteiger partial charge in [-0.25, -0.2) is 14.8 Å². The van der Waals surface area contributed by atoms with Crippen molar-refractivity contribution in [3.63, 3.8) is 0 Å². The van der Waals surface area contributed by atoms with E-state index in [-0.39, 0.29) is 5.56 Å². The van der Waals surface area contributed by atoms with E-state index in [4.69, 9.17) is 5.11 Å². The van der Waals surface area contributed by atoms with Gasteiger partial charge in [0.15, 0.2) is 0 Å². The molecule has 0 amide bonds. The Morgan fingerprint density at radius 1 is 1.47 bits per heavy atom. The Morgan fingerprint density at radius 2 is 2.35 bits per heavy atom. The van der Waals surface area contributed by atoms with Crippen molar-refractivity contribution in [1.29, 1.82) is 0 Å². The fourth-order valence-electron chi connectivity index (χ4n) is 1.36. The summed E-state index contributed by atoms with van der Waals surface area (Å²) in [6.45, 7) is 1.48. The van der Waals surface area contributed by atoms with E-state index in [2.05, 4.69) is 15.3 Å². The quantitative estimate of drug-likeness (QED) is 0.806. The van der Waals surface area contributed by atoms with Crippen LogP contribution in [0.1, 0.15) is 10.4 Å². The zero-order valence-electron chi connectivity index (χ0n) is 9.08. The standard InChI is InChI=1S/C11H12N4O2/c16-11(17)9-1-2-10(14-7-9)13-4-6-15-5-3-12-8-15/h1-3,5,7-8H,4,6H2,(H,13,14)(H,16,17). The molecule has 6 heteroatoms.